The van der Waals surface area contributed by atoms with E-state index in [1.165, 1.54) is 19.3 Å². The number of carbonyl (C=O) groups excluding carboxylic acids is 2. The standard InChI is InChI=1S/C14H15N3O4/c1-9(18)16-10-2-4-11(5-3-10)21-8-13-12(6-7-20-13)14(19)17-15/h2-7H,8,15H2,1H3,(H,16,18)(H,17,19). The maximum absolute atomic E-state index is 11.5. The summed E-state index contributed by atoms with van der Waals surface area (Å²) in [5, 5.41) is 2.65. The molecule has 4 N–H and O–H groups in total. The molecule has 0 saturated heterocycles. The van der Waals surface area contributed by atoms with Crippen molar-refractivity contribution in [1.29, 1.82) is 0 Å². The number of rotatable bonds is 5. The Labute approximate surface area is 121 Å². The Balaban J connectivity index is 1.98. The molecule has 0 aliphatic rings. The van der Waals surface area contributed by atoms with Crippen LogP contribution in [0.3, 0.4) is 0 Å². The van der Waals surface area contributed by atoms with E-state index in [0.29, 0.717) is 22.8 Å². The maximum atomic E-state index is 11.5. The average molecular weight is 289 g/mol. The highest BCUT2D eigenvalue weighted by Gasteiger charge is 2.13. The number of hydrogen-bond acceptors (Lipinski definition) is 5. The zero-order valence-electron chi connectivity index (χ0n) is 11.4. The van der Waals surface area contributed by atoms with Crippen molar-refractivity contribution >= 4 is 17.5 Å². The predicted molar refractivity (Wildman–Crippen MR) is 75.4 cm³/mol. The molecule has 7 heteroatoms. The highest BCUT2D eigenvalue weighted by Crippen LogP contribution is 2.18. The Morgan fingerprint density at radius 1 is 1.24 bits per heavy atom. The van der Waals surface area contributed by atoms with Crippen molar-refractivity contribution in [3.63, 3.8) is 0 Å². The first-order chi connectivity index (χ1) is 10.1. The molecule has 1 heterocycles. The predicted octanol–water partition coefficient (Wildman–Crippen LogP) is 1.42. The number of nitrogen functional groups attached to an aromatic ring is 1. The molecule has 0 aliphatic carbocycles. The van der Waals surface area contributed by atoms with Crippen molar-refractivity contribution in [2.75, 3.05) is 5.32 Å². The van der Waals surface area contributed by atoms with E-state index in [0.717, 1.165) is 0 Å². The topological polar surface area (TPSA) is 107 Å². The van der Waals surface area contributed by atoms with Crippen LogP contribution in [-0.4, -0.2) is 11.8 Å². The Bertz CT molecular complexity index is 634. The van der Waals surface area contributed by atoms with Crippen LogP contribution in [0.1, 0.15) is 23.0 Å². The van der Waals surface area contributed by atoms with Gasteiger partial charge in [-0.25, -0.2) is 5.84 Å². The fourth-order valence-corrected chi connectivity index (χ4v) is 1.72. The molecule has 2 amide bonds. The van der Waals surface area contributed by atoms with Gasteiger partial charge in [0.05, 0.1) is 11.8 Å². The summed E-state index contributed by atoms with van der Waals surface area (Å²) in [6.45, 7) is 1.53. The third-order valence-corrected chi connectivity index (χ3v) is 2.67. The van der Waals surface area contributed by atoms with Gasteiger partial charge >= 0.3 is 0 Å². The number of amides is 2. The second kappa shape index (κ2) is 6.58. The molecule has 0 fully saturated rings. The summed E-state index contributed by atoms with van der Waals surface area (Å²) in [7, 11) is 0. The zero-order valence-corrected chi connectivity index (χ0v) is 11.4. The Morgan fingerprint density at radius 3 is 2.57 bits per heavy atom. The lowest BCUT2D eigenvalue weighted by molar-refractivity contribution is -0.114. The lowest BCUT2D eigenvalue weighted by atomic mass is 10.2. The van der Waals surface area contributed by atoms with E-state index in [9.17, 15) is 9.59 Å². The quantitative estimate of drug-likeness (QED) is 0.438. The first-order valence-corrected chi connectivity index (χ1v) is 6.18. The van der Waals surface area contributed by atoms with Gasteiger partial charge in [0, 0.05) is 12.6 Å². The van der Waals surface area contributed by atoms with Gasteiger partial charge in [-0.15, -0.1) is 0 Å². The molecule has 1 aromatic carbocycles. The molecule has 0 spiro atoms. The second-order valence-electron chi connectivity index (χ2n) is 4.23. The summed E-state index contributed by atoms with van der Waals surface area (Å²) in [6.07, 6.45) is 1.39. The lowest BCUT2D eigenvalue weighted by Gasteiger charge is -2.07. The van der Waals surface area contributed by atoms with E-state index < -0.39 is 5.91 Å². The van der Waals surface area contributed by atoms with Gasteiger partial charge < -0.3 is 14.5 Å². The van der Waals surface area contributed by atoms with Crippen molar-refractivity contribution < 1.29 is 18.7 Å². The van der Waals surface area contributed by atoms with Crippen LogP contribution in [0.25, 0.3) is 0 Å². The Kier molecular flexibility index (Phi) is 4.57. The first-order valence-electron chi connectivity index (χ1n) is 6.18. The number of furan rings is 1. The van der Waals surface area contributed by atoms with Gasteiger partial charge in [0.25, 0.3) is 5.91 Å². The van der Waals surface area contributed by atoms with E-state index in [4.69, 9.17) is 15.0 Å². The molecule has 2 rings (SSSR count). The summed E-state index contributed by atoms with van der Waals surface area (Å²) >= 11 is 0. The molecular formula is C14H15N3O4. The van der Waals surface area contributed by atoms with Crippen LogP contribution >= 0.6 is 0 Å². The van der Waals surface area contributed by atoms with Gasteiger partial charge in [-0.3, -0.25) is 15.0 Å². The number of nitrogens with two attached hydrogens (primary N) is 1. The van der Waals surface area contributed by atoms with Crippen molar-refractivity contribution in [3.05, 3.63) is 47.9 Å². The highest BCUT2D eigenvalue weighted by atomic mass is 16.5. The van der Waals surface area contributed by atoms with Crippen LogP contribution in [0.15, 0.2) is 41.0 Å². The lowest BCUT2D eigenvalue weighted by Crippen LogP contribution is -2.30. The minimum Gasteiger partial charge on any atom is -0.486 e. The molecule has 7 nitrogen and oxygen atoms in total. The molecule has 0 atom stereocenters. The molecule has 21 heavy (non-hydrogen) atoms. The smallest absolute Gasteiger partial charge is 0.268 e. The van der Waals surface area contributed by atoms with Crippen LogP contribution in [-0.2, 0) is 11.4 Å². The number of nitrogens with one attached hydrogen (secondary N) is 2. The van der Waals surface area contributed by atoms with Crippen molar-refractivity contribution in [1.82, 2.24) is 5.43 Å². The van der Waals surface area contributed by atoms with E-state index >= 15 is 0 Å². The number of hydrogen-bond donors (Lipinski definition) is 3. The average Bonchev–Trinajstić information content (AvgIpc) is 2.93. The Hall–Kier alpha value is -2.80. The highest BCUT2D eigenvalue weighted by molar-refractivity contribution is 5.94. The summed E-state index contributed by atoms with van der Waals surface area (Å²) in [5.41, 5.74) is 3.04. The minimum atomic E-state index is -0.441. The molecule has 0 radical (unpaired) electrons. The fourth-order valence-electron chi connectivity index (χ4n) is 1.72. The summed E-state index contributed by atoms with van der Waals surface area (Å²) in [6, 6.07) is 8.35. The molecule has 2 aromatic rings. The number of anilines is 1. The van der Waals surface area contributed by atoms with Crippen molar-refractivity contribution in [3.8, 4) is 5.75 Å². The van der Waals surface area contributed by atoms with Crippen molar-refractivity contribution in [2.24, 2.45) is 5.84 Å². The Morgan fingerprint density at radius 2 is 1.95 bits per heavy atom. The van der Waals surface area contributed by atoms with Gasteiger partial charge in [-0.2, -0.15) is 0 Å². The maximum Gasteiger partial charge on any atom is 0.268 e. The van der Waals surface area contributed by atoms with Gasteiger partial charge in [-0.05, 0) is 30.3 Å². The first kappa shape index (κ1) is 14.6. The molecule has 0 aliphatic heterocycles. The number of hydrazine groups is 1. The summed E-state index contributed by atoms with van der Waals surface area (Å²) in [4.78, 5) is 22.4. The van der Waals surface area contributed by atoms with Crippen LogP contribution in [0.2, 0.25) is 0 Å². The molecule has 0 unspecified atom stereocenters. The molecule has 0 bridgehead atoms. The second-order valence-corrected chi connectivity index (χ2v) is 4.23. The van der Waals surface area contributed by atoms with Crippen LogP contribution in [0.5, 0.6) is 5.75 Å². The van der Waals surface area contributed by atoms with E-state index in [1.807, 2.05) is 5.43 Å². The summed E-state index contributed by atoms with van der Waals surface area (Å²) in [5.74, 6) is 5.46. The number of carbonyl (C=O) groups is 2. The number of ether oxygens (including phenoxy) is 1. The molecule has 1 aromatic heterocycles. The van der Waals surface area contributed by atoms with Crippen LogP contribution < -0.4 is 21.3 Å². The van der Waals surface area contributed by atoms with Crippen LogP contribution in [0, 0.1) is 0 Å². The van der Waals surface area contributed by atoms with E-state index in [-0.39, 0.29) is 12.5 Å². The van der Waals surface area contributed by atoms with Crippen molar-refractivity contribution in [2.45, 2.75) is 13.5 Å². The number of benzene rings is 1. The third kappa shape index (κ3) is 3.83. The van der Waals surface area contributed by atoms with Gasteiger partial charge in [0.2, 0.25) is 5.91 Å². The fraction of sp³-hybridized carbons (Fsp3) is 0.143. The normalized spacial score (nSPS) is 10.0. The van der Waals surface area contributed by atoms with Gasteiger partial charge in [0.1, 0.15) is 12.4 Å². The van der Waals surface area contributed by atoms with E-state index in [2.05, 4.69) is 5.32 Å². The van der Waals surface area contributed by atoms with Crippen LogP contribution in [0.4, 0.5) is 5.69 Å². The SMILES string of the molecule is CC(=O)Nc1ccc(OCc2occc2C(=O)NN)cc1. The minimum absolute atomic E-state index is 0.0925. The van der Waals surface area contributed by atoms with Gasteiger partial charge in [-0.1, -0.05) is 0 Å². The summed E-state index contributed by atoms with van der Waals surface area (Å²) < 4.78 is 10.7. The monoisotopic (exact) mass is 289 g/mol. The molecule has 110 valence electrons. The largest absolute Gasteiger partial charge is 0.486 e. The van der Waals surface area contributed by atoms with Gasteiger partial charge in [0.15, 0.2) is 5.76 Å². The third-order valence-electron chi connectivity index (χ3n) is 2.67. The molecular weight excluding hydrogens is 274 g/mol. The van der Waals surface area contributed by atoms with E-state index in [1.54, 1.807) is 24.3 Å². The zero-order chi connectivity index (χ0) is 15.2. The molecule has 0 saturated carbocycles.